The molecule has 0 aliphatic carbocycles. The van der Waals surface area contributed by atoms with Crippen molar-refractivity contribution in [1.29, 1.82) is 0 Å². The molecule has 0 spiro atoms. The van der Waals surface area contributed by atoms with Gasteiger partial charge in [0.2, 0.25) is 0 Å². The lowest BCUT2D eigenvalue weighted by Gasteiger charge is -2.13. The molecule has 0 fully saturated rings. The zero-order chi connectivity index (χ0) is 14.4. The number of nitrogens with zero attached hydrogens (tertiary/aromatic N) is 2. The first-order valence-electron chi connectivity index (χ1n) is 7.20. The Balaban J connectivity index is 2.40. The molecule has 0 amide bonds. The third-order valence-electron chi connectivity index (χ3n) is 3.31. The van der Waals surface area contributed by atoms with Crippen molar-refractivity contribution < 1.29 is 4.74 Å². The maximum atomic E-state index is 5.33. The molecule has 108 valence electrons. The molecule has 1 aromatic carbocycles. The van der Waals surface area contributed by atoms with E-state index in [9.17, 15) is 0 Å². The van der Waals surface area contributed by atoms with Gasteiger partial charge in [0.25, 0.3) is 0 Å². The van der Waals surface area contributed by atoms with Gasteiger partial charge in [0.05, 0.1) is 12.8 Å². The molecule has 0 atom stereocenters. The highest BCUT2D eigenvalue weighted by Gasteiger charge is 2.11. The summed E-state index contributed by atoms with van der Waals surface area (Å²) in [5, 5.41) is 7.80. The Labute approximate surface area is 120 Å². The quantitative estimate of drug-likeness (QED) is 0.842. The monoisotopic (exact) mass is 273 g/mol. The molecule has 1 N–H and O–H groups in total. The Morgan fingerprint density at radius 2 is 2.10 bits per heavy atom. The molecule has 2 rings (SSSR count). The number of benzene rings is 1. The lowest BCUT2D eigenvalue weighted by atomic mass is 10.0. The van der Waals surface area contributed by atoms with Crippen LogP contribution in [0, 0.1) is 0 Å². The molecule has 0 unspecified atom stereocenters. The van der Waals surface area contributed by atoms with Gasteiger partial charge >= 0.3 is 0 Å². The maximum Gasteiger partial charge on any atom is 0.119 e. The second kappa shape index (κ2) is 7.10. The van der Waals surface area contributed by atoms with Crippen molar-refractivity contribution in [2.45, 2.75) is 33.4 Å². The Kier molecular flexibility index (Phi) is 5.18. The van der Waals surface area contributed by atoms with Gasteiger partial charge < -0.3 is 10.1 Å². The van der Waals surface area contributed by atoms with Crippen molar-refractivity contribution in [3.05, 3.63) is 36.0 Å². The zero-order valence-electron chi connectivity index (χ0n) is 12.5. The summed E-state index contributed by atoms with van der Waals surface area (Å²) in [6.07, 6.45) is 2.94. The summed E-state index contributed by atoms with van der Waals surface area (Å²) in [4.78, 5) is 0. The van der Waals surface area contributed by atoms with Crippen LogP contribution in [0.4, 0.5) is 0 Å². The SMILES string of the molecule is CCCn1nccc1-c1ccc(OC)cc1CNCC. The third-order valence-corrected chi connectivity index (χ3v) is 3.31. The fourth-order valence-corrected chi connectivity index (χ4v) is 2.30. The molecule has 2 aromatic rings. The van der Waals surface area contributed by atoms with E-state index >= 15 is 0 Å². The van der Waals surface area contributed by atoms with Crippen molar-refractivity contribution >= 4 is 0 Å². The first-order chi connectivity index (χ1) is 9.80. The Bertz CT molecular complexity index is 548. The number of nitrogens with one attached hydrogen (secondary N) is 1. The van der Waals surface area contributed by atoms with Crippen LogP contribution < -0.4 is 10.1 Å². The predicted molar refractivity (Wildman–Crippen MR) is 81.9 cm³/mol. The van der Waals surface area contributed by atoms with Crippen LogP contribution in [-0.2, 0) is 13.1 Å². The van der Waals surface area contributed by atoms with Crippen molar-refractivity contribution in [3.8, 4) is 17.0 Å². The van der Waals surface area contributed by atoms with Gasteiger partial charge in [0, 0.05) is 24.8 Å². The molecule has 0 bridgehead atoms. The van der Waals surface area contributed by atoms with Gasteiger partial charge in [-0.3, -0.25) is 4.68 Å². The van der Waals surface area contributed by atoms with Gasteiger partial charge in [-0.25, -0.2) is 0 Å². The van der Waals surface area contributed by atoms with Gasteiger partial charge in [-0.2, -0.15) is 5.10 Å². The van der Waals surface area contributed by atoms with E-state index in [1.807, 2.05) is 12.3 Å². The Hall–Kier alpha value is -1.81. The van der Waals surface area contributed by atoms with Crippen LogP contribution in [0.3, 0.4) is 0 Å². The summed E-state index contributed by atoms with van der Waals surface area (Å²) in [6.45, 7) is 7.00. The summed E-state index contributed by atoms with van der Waals surface area (Å²) in [5.74, 6) is 0.892. The van der Waals surface area contributed by atoms with Crippen LogP contribution in [0.2, 0.25) is 0 Å². The minimum absolute atomic E-state index is 0.834. The molecule has 0 saturated carbocycles. The second-order valence-electron chi connectivity index (χ2n) is 4.74. The number of methoxy groups -OCH3 is 1. The van der Waals surface area contributed by atoms with Crippen molar-refractivity contribution in [2.75, 3.05) is 13.7 Å². The topological polar surface area (TPSA) is 39.1 Å². The lowest BCUT2D eigenvalue weighted by Crippen LogP contribution is -2.13. The van der Waals surface area contributed by atoms with Crippen LogP contribution in [0.5, 0.6) is 5.75 Å². The van der Waals surface area contributed by atoms with Crippen molar-refractivity contribution in [3.63, 3.8) is 0 Å². The second-order valence-corrected chi connectivity index (χ2v) is 4.74. The summed E-state index contributed by atoms with van der Waals surface area (Å²) in [7, 11) is 1.70. The number of aryl methyl sites for hydroxylation is 1. The van der Waals surface area contributed by atoms with E-state index in [0.29, 0.717) is 0 Å². The minimum Gasteiger partial charge on any atom is -0.497 e. The zero-order valence-corrected chi connectivity index (χ0v) is 12.5. The summed E-state index contributed by atoms with van der Waals surface area (Å²) in [5.41, 5.74) is 3.63. The van der Waals surface area contributed by atoms with Crippen LogP contribution in [-0.4, -0.2) is 23.4 Å². The van der Waals surface area contributed by atoms with E-state index in [2.05, 4.69) is 47.1 Å². The number of rotatable bonds is 7. The Morgan fingerprint density at radius 1 is 1.25 bits per heavy atom. The maximum absolute atomic E-state index is 5.33. The molecule has 0 radical (unpaired) electrons. The van der Waals surface area contributed by atoms with Crippen LogP contribution in [0.25, 0.3) is 11.3 Å². The van der Waals surface area contributed by atoms with E-state index < -0.39 is 0 Å². The van der Waals surface area contributed by atoms with Crippen molar-refractivity contribution in [1.82, 2.24) is 15.1 Å². The van der Waals surface area contributed by atoms with E-state index in [1.165, 1.54) is 16.8 Å². The van der Waals surface area contributed by atoms with E-state index in [0.717, 1.165) is 31.8 Å². The molecule has 0 aliphatic heterocycles. The average Bonchev–Trinajstić information content (AvgIpc) is 2.93. The van der Waals surface area contributed by atoms with Crippen LogP contribution in [0.1, 0.15) is 25.8 Å². The van der Waals surface area contributed by atoms with Crippen molar-refractivity contribution in [2.24, 2.45) is 0 Å². The predicted octanol–water partition coefficient (Wildman–Crippen LogP) is 3.08. The minimum atomic E-state index is 0.834. The Morgan fingerprint density at radius 3 is 2.80 bits per heavy atom. The molecule has 1 aromatic heterocycles. The molecule has 0 aliphatic rings. The summed E-state index contributed by atoms with van der Waals surface area (Å²) in [6, 6.07) is 8.30. The molecular weight excluding hydrogens is 250 g/mol. The van der Waals surface area contributed by atoms with Crippen LogP contribution in [0.15, 0.2) is 30.5 Å². The van der Waals surface area contributed by atoms with Gasteiger partial charge in [0.15, 0.2) is 0 Å². The highest BCUT2D eigenvalue weighted by Crippen LogP contribution is 2.27. The smallest absolute Gasteiger partial charge is 0.119 e. The first kappa shape index (κ1) is 14.6. The van der Waals surface area contributed by atoms with Gasteiger partial charge in [-0.05, 0) is 42.8 Å². The normalized spacial score (nSPS) is 10.8. The number of aromatic nitrogens is 2. The largest absolute Gasteiger partial charge is 0.497 e. The summed E-state index contributed by atoms with van der Waals surface area (Å²) < 4.78 is 7.40. The van der Waals surface area contributed by atoms with E-state index in [1.54, 1.807) is 7.11 Å². The third kappa shape index (κ3) is 3.20. The standard InChI is InChI=1S/C16H23N3O/c1-4-10-19-16(8-9-18-19)15-7-6-14(20-3)11-13(15)12-17-5-2/h6-9,11,17H,4-5,10,12H2,1-3H3. The fourth-order valence-electron chi connectivity index (χ4n) is 2.30. The van der Waals surface area contributed by atoms with Crippen LogP contribution >= 0.6 is 0 Å². The molecule has 20 heavy (non-hydrogen) atoms. The average molecular weight is 273 g/mol. The highest BCUT2D eigenvalue weighted by atomic mass is 16.5. The first-order valence-corrected chi connectivity index (χ1v) is 7.20. The van der Waals surface area contributed by atoms with E-state index in [-0.39, 0.29) is 0 Å². The lowest BCUT2D eigenvalue weighted by molar-refractivity contribution is 0.414. The number of hydrogen-bond acceptors (Lipinski definition) is 3. The number of ether oxygens (including phenoxy) is 1. The molecule has 1 heterocycles. The molecule has 0 saturated heterocycles. The fraction of sp³-hybridized carbons (Fsp3) is 0.438. The molecular formula is C16H23N3O. The highest BCUT2D eigenvalue weighted by molar-refractivity contribution is 5.65. The van der Waals surface area contributed by atoms with E-state index in [4.69, 9.17) is 4.74 Å². The summed E-state index contributed by atoms with van der Waals surface area (Å²) >= 11 is 0. The van der Waals surface area contributed by atoms with Gasteiger partial charge in [-0.1, -0.05) is 13.8 Å². The number of hydrogen-bond donors (Lipinski definition) is 1. The molecule has 4 nitrogen and oxygen atoms in total. The van der Waals surface area contributed by atoms with Gasteiger partial charge in [0.1, 0.15) is 5.75 Å². The van der Waals surface area contributed by atoms with Gasteiger partial charge in [-0.15, -0.1) is 0 Å². The molecule has 4 heteroatoms.